The summed E-state index contributed by atoms with van der Waals surface area (Å²) in [4.78, 5) is 2.20. The Kier molecular flexibility index (Phi) is 6.06. The van der Waals surface area contributed by atoms with Crippen LogP contribution in [0, 0.1) is 11.7 Å². The van der Waals surface area contributed by atoms with Gasteiger partial charge in [-0.25, -0.2) is 4.39 Å². The molecule has 1 unspecified atom stereocenters. The topological polar surface area (TPSA) is 15.3 Å². The fourth-order valence-corrected chi connectivity index (χ4v) is 2.34. The summed E-state index contributed by atoms with van der Waals surface area (Å²) in [6.07, 6.45) is 0. The van der Waals surface area contributed by atoms with E-state index in [2.05, 4.69) is 38.2 Å². The summed E-state index contributed by atoms with van der Waals surface area (Å²) in [6, 6.07) is 5.09. The van der Waals surface area contributed by atoms with E-state index in [1.165, 1.54) is 12.1 Å². The zero-order valence-electron chi connectivity index (χ0n) is 11.5. The molecule has 0 saturated heterocycles. The Morgan fingerprint density at radius 1 is 1.28 bits per heavy atom. The maximum atomic E-state index is 13.1. The first kappa shape index (κ1) is 15.4. The van der Waals surface area contributed by atoms with Gasteiger partial charge in [0, 0.05) is 24.2 Å². The van der Waals surface area contributed by atoms with Crippen molar-refractivity contribution in [3.63, 3.8) is 0 Å². The van der Waals surface area contributed by atoms with Gasteiger partial charge in [-0.05, 0) is 43.8 Å². The second kappa shape index (κ2) is 7.07. The van der Waals surface area contributed by atoms with Crippen molar-refractivity contribution in [3.05, 3.63) is 34.6 Å². The van der Waals surface area contributed by atoms with E-state index in [1.54, 1.807) is 6.07 Å². The summed E-state index contributed by atoms with van der Waals surface area (Å²) in [7, 11) is 4.15. The number of likely N-dealkylation sites (N-methyl/N-ethyl adjacent to an activating group) is 1. The highest BCUT2D eigenvalue weighted by atomic mass is 35.5. The maximum Gasteiger partial charge on any atom is 0.125 e. The summed E-state index contributed by atoms with van der Waals surface area (Å²) in [5, 5.41) is 3.80. The SMILES string of the molecule is CC(C)C(CNCc1cc(F)cc(Cl)c1)N(C)C. The molecule has 0 aliphatic carbocycles. The van der Waals surface area contributed by atoms with Crippen LogP contribution < -0.4 is 5.32 Å². The van der Waals surface area contributed by atoms with Gasteiger partial charge in [0.25, 0.3) is 0 Å². The van der Waals surface area contributed by atoms with Gasteiger partial charge in [0.1, 0.15) is 5.82 Å². The lowest BCUT2D eigenvalue weighted by Gasteiger charge is -2.28. The number of benzene rings is 1. The predicted octanol–water partition coefficient (Wildman–Crippen LogP) is 3.15. The highest BCUT2D eigenvalue weighted by Crippen LogP contribution is 2.14. The third-order valence-corrected chi connectivity index (χ3v) is 3.26. The molecule has 1 aromatic carbocycles. The smallest absolute Gasteiger partial charge is 0.125 e. The number of halogens is 2. The maximum absolute atomic E-state index is 13.1. The molecular weight excluding hydrogens is 251 g/mol. The van der Waals surface area contributed by atoms with Crippen molar-refractivity contribution in [3.8, 4) is 0 Å². The summed E-state index contributed by atoms with van der Waals surface area (Å²) in [5.41, 5.74) is 0.876. The van der Waals surface area contributed by atoms with Crippen molar-refractivity contribution < 1.29 is 4.39 Å². The average Bonchev–Trinajstić information content (AvgIpc) is 2.21. The average molecular weight is 273 g/mol. The first-order chi connectivity index (χ1) is 8.40. The Bertz CT molecular complexity index is 352. The summed E-state index contributed by atoms with van der Waals surface area (Å²) < 4.78 is 13.1. The molecular formula is C14H22ClFN2. The largest absolute Gasteiger partial charge is 0.311 e. The van der Waals surface area contributed by atoms with Crippen LogP contribution in [0.15, 0.2) is 18.2 Å². The molecule has 1 rings (SSSR count). The molecule has 1 atom stereocenters. The molecule has 1 aromatic rings. The molecule has 0 heterocycles. The molecule has 18 heavy (non-hydrogen) atoms. The molecule has 2 nitrogen and oxygen atoms in total. The minimum Gasteiger partial charge on any atom is -0.311 e. The number of rotatable bonds is 6. The Morgan fingerprint density at radius 2 is 1.94 bits per heavy atom. The molecule has 0 radical (unpaired) electrons. The highest BCUT2D eigenvalue weighted by molar-refractivity contribution is 6.30. The monoisotopic (exact) mass is 272 g/mol. The first-order valence-electron chi connectivity index (χ1n) is 6.22. The van der Waals surface area contributed by atoms with E-state index < -0.39 is 0 Å². The van der Waals surface area contributed by atoms with Crippen molar-refractivity contribution in [2.24, 2.45) is 5.92 Å². The number of hydrogen-bond acceptors (Lipinski definition) is 2. The number of hydrogen-bond donors (Lipinski definition) is 1. The summed E-state index contributed by atoms with van der Waals surface area (Å²) in [5.74, 6) is 0.288. The molecule has 0 amide bonds. The molecule has 0 aliphatic rings. The third kappa shape index (κ3) is 4.92. The zero-order valence-corrected chi connectivity index (χ0v) is 12.3. The van der Waals surface area contributed by atoms with Crippen molar-refractivity contribution in [1.29, 1.82) is 0 Å². The van der Waals surface area contributed by atoms with Gasteiger partial charge in [0.15, 0.2) is 0 Å². The van der Waals surface area contributed by atoms with Crippen molar-refractivity contribution in [2.45, 2.75) is 26.4 Å². The van der Waals surface area contributed by atoms with Crippen molar-refractivity contribution >= 4 is 11.6 Å². The minimum atomic E-state index is -0.285. The Morgan fingerprint density at radius 3 is 2.44 bits per heavy atom. The van der Waals surface area contributed by atoms with Crippen LogP contribution in [-0.4, -0.2) is 31.6 Å². The predicted molar refractivity (Wildman–Crippen MR) is 75.4 cm³/mol. The van der Waals surface area contributed by atoms with E-state index in [0.29, 0.717) is 23.5 Å². The van der Waals surface area contributed by atoms with E-state index in [0.717, 1.165) is 12.1 Å². The second-order valence-corrected chi connectivity index (χ2v) is 5.62. The second-order valence-electron chi connectivity index (χ2n) is 5.18. The van der Waals surface area contributed by atoms with Gasteiger partial charge in [-0.2, -0.15) is 0 Å². The molecule has 0 aliphatic heterocycles. The Balaban J connectivity index is 2.50. The molecule has 0 saturated carbocycles. The Labute approximate surface area is 114 Å². The van der Waals surface area contributed by atoms with E-state index in [1.807, 2.05) is 0 Å². The van der Waals surface area contributed by atoms with E-state index in [9.17, 15) is 4.39 Å². The Hall–Kier alpha value is -0.640. The fraction of sp³-hybridized carbons (Fsp3) is 0.571. The summed E-state index contributed by atoms with van der Waals surface area (Å²) in [6.45, 7) is 5.91. The lowest BCUT2D eigenvalue weighted by Crippen LogP contribution is -2.41. The van der Waals surface area contributed by atoms with Gasteiger partial charge in [-0.15, -0.1) is 0 Å². The van der Waals surface area contributed by atoms with Gasteiger partial charge in [-0.3, -0.25) is 0 Å². The fourth-order valence-electron chi connectivity index (χ4n) is 2.09. The zero-order chi connectivity index (χ0) is 13.7. The molecule has 0 spiro atoms. The molecule has 0 fully saturated rings. The minimum absolute atomic E-state index is 0.285. The van der Waals surface area contributed by atoms with Crippen LogP contribution in [0.4, 0.5) is 4.39 Å². The van der Waals surface area contributed by atoms with Gasteiger partial charge in [-0.1, -0.05) is 25.4 Å². The standard InChI is InChI=1S/C14H22ClFN2/c1-10(2)14(18(3)4)9-17-8-11-5-12(15)7-13(16)6-11/h5-7,10,14,17H,8-9H2,1-4H3. The van der Waals surface area contributed by atoms with Crippen LogP contribution in [0.3, 0.4) is 0 Å². The molecule has 0 bridgehead atoms. The van der Waals surface area contributed by atoms with Crippen LogP contribution >= 0.6 is 11.6 Å². The summed E-state index contributed by atoms with van der Waals surface area (Å²) >= 11 is 5.82. The quantitative estimate of drug-likeness (QED) is 0.856. The third-order valence-electron chi connectivity index (χ3n) is 3.04. The van der Waals surface area contributed by atoms with E-state index >= 15 is 0 Å². The number of nitrogens with zero attached hydrogens (tertiary/aromatic N) is 1. The van der Waals surface area contributed by atoms with Crippen LogP contribution in [0.25, 0.3) is 0 Å². The number of nitrogens with one attached hydrogen (secondary N) is 1. The molecule has 0 aromatic heterocycles. The van der Waals surface area contributed by atoms with Crippen molar-refractivity contribution in [1.82, 2.24) is 10.2 Å². The first-order valence-corrected chi connectivity index (χ1v) is 6.60. The lowest BCUT2D eigenvalue weighted by molar-refractivity contribution is 0.224. The molecule has 4 heteroatoms. The van der Waals surface area contributed by atoms with Gasteiger partial charge < -0.3 is 10.2 Å². The molecule has 102 valence electrons. The van der Waals surface area contributed by atoms with Gasteiger partial charge in [0.05, 0.1) is 0 Å². The van der Waals surface area contributed by atoms with Crippen LogP contribution in [0.5, 0.6) is 0 Å². The van der Waals surface area contributed by atoms with Crippen molar-refractivity contribution in [2.75, 3.05) is 20.6 Å². The normalized spacial score (nSPS) is 13.3. The van der Waals surface area contributed by atoms with E-state index in [-0.39, 0.29) is 5.82 Å². The lowest BCUT2D eigenvalue weighted by atomic mass is 10.0. The van der Waals surface area contributed by atoms with E-state index in [4.69, 9.17) is 11.6 Å². The van der Waals surface area contributed by atoms with Crippen LogP contribution in [0.2, 0.25) is 5.02 Å². The molecule has 1 N–H and O–H groups in total. The van der Waals surface area contributed by atoms with Gasteiger partial charge >= 0.3 is 0 Å². The van der Waals surface area contributed by atoms with Gasteiger partial charge in [0.2, 0.25) is 0 Å². The van der Waals surface area contributed by atoms with Crippen LogP contribution in [0.1, 0.15) is 19.4 Å². The highest BCUT2D eigenvalue weighted by Gasteiger charge is 2.14. The van der Waals surface area contributed by atoms with Crippen LogP contribution in [-0.2, 0) is 6.54 Å².